The van der Waals surface area contributed by atoms with Crippen LogP contribution in [0.3, 0.4) is 0 Å². The Morgan fingerprint density at radius 1 is 1.15 bits per heavy atom. The summed E-state index contributed by atoms with van der Waals surface area (Å²) < 4.78 is 1.98. The summed E-state index contributed by atoms with van der Waals surface area (Å²) in [5.41, 5.74) is 3.73. The molecule has 0 aromatic carbocycles. The number of hydrazine groups is 1. The Labute approximate surface area is 154 Å². The molecule has 2 aliphatic rings. The number of aryl methyl sites for hydroxylation is 1. The van der Waals surface area contributed by atoms with Crippen LogP contribution in [0.15, 0.2) is 14.6 Å². The Morgan fingerprint density at radius 3 is 2.54 bits per heavy atom. The molecule has 2 fully saturated rings. The number of hydrogen-bond donors (Lipinski definition) is 2. The Hall–Kier alpha value is -2.10. The van der Waals surface area contributed by atoms with E-state index in [-0.39, 0.29) is 16.7 Å². The monoisotopic (exact) mass is 381 g/mol. The van der Waals surface area contributed by atoms with Gasteiger partial charge in [-0.25, -0.2) is 9.48 Å². The molecule has 142 valence electrons. The van der Waals surface area contributed by atoms with Crippen LogP contribution >= 0.6 is 11.8 Å². The first-order chi connectivity index (χ1) is 12.3. The van der Waals surface area contributed by atoms with Crippen LogP contribution in [-0.4, -0.2) is 31.9 Å². The van der Waals surface area contributed by atoms with Gasteiger partial charge in [-0.3, -0.25) is 29.8 Å². The minimum absolute atomic E-state index is 0.0538. The van der Waals surface area contributed by atoms with Crippen molar-refractivity contribution in [3.63, 3.8) is 0 Å². The maximum atomic E-state index is 12.0. The van der Waals surface area contributed by atoms with Gasteiger partial charge in [-0.05, 0) is 37.0 Å². The van der Waals surface area contributed by atoms with E-state index in [1.807, 2.05) is 0 Å². The number of hydrogen-bond acceptors (Lipinski definition) is 6. The Morgan fingerprint density at radius 2 is 1.88 bits per heavy atom. The van der Waals surface area contributed by atoms with Crippen molar-refractivity contribution in [3.8, 4) is 0 Å². The van der Waals surface area contributed by atoms with Crippen LogP contribution in [0.4, 0.5) is 0 Å². The predicted octanol–water partition coefficient (Wildman–Crippen LogP) is -0.455. The number of nitrogens with zero attached hydrogens (tertiary/aromatic N) is 3. The molecule has 0 saturated heterocycles. The number of nitrogens with one attached hydrogen (secondary N) is 2. The van der Waals surface area contributed by atoms with Gasteiger partial charge >= 0.3 is 5.69 Å². The number of aromatic nitrogens is 3. The van der Waals surface area contributed by atoms with E-state index in [2.05, 4.69) is 16.0 Å². The zero-order chi connectivity index (χ0) is 18.8. The minimum Gasteiger partial charge on any atom is -0.273 e. The van der Waals surface area contributed by atoms with Gasteiger partial charge in [0, 0.05) is 20.5 Å². The van der Waals surface area contributed by atoms with Crippen molar-refractivity contribution in [2.75, 3.05) is 5.75 Å². The number of thioether (sulfide) groups is 1. The summed E-state index contributed by atoms with van der Waals surface area (Å²) in [5, 5.41) is 3.91. The lowest BCUT2D eigenvalue weighted by Crippen LogP contribution is -2.43. The Bertz CT molecular complexity index is 833. The zero-order valence-corrected chi connectivity index (χ0v) is 15.7. The summed E-state index contributed by atoms with van der Waals surface area (Å²) in [4.78, 5) is 47.4. The average Bonchev–Trinajstić information content (AvgIpc) is 3.23. The van der Waals surface area contributed by atoms with Crippen molar-refractivity contribution in [3.05, 3.63) is 20.8 Å². The average molecular weight is 381 g/mol. The van der Waals surface area contributed by atoms with Crippen molar-refractivity contribution < 1.29 is 9.59 Å². The first kappa shape index (κ1) is 18.7. The van der Waals surface area contributed by atoms with Crippen LogP contribution in [0.2, 0.25) is 0 Å². The van der Waals surface area contributed by atoms with Crippen LogP contribution in [0.5, 0.6) is 0 Å². The third-order valence-corrected chi connectivity index (χ3v) is 6.24. The molecule has 2 bridgehead atoms. The van der Waals surface area contributed by atoms with Gasteiger partial charge in [0.25, 0.3) is 5.56 Å². The lowest BCUT2D eigenvalue weighted by atomic mass is 9.86. The molecule has 9 nitrogen and oxygen atoms in total. The highest BCUT2D eigenvalue weighted by Crippen LogP contribution is 2.49. The smallest absolute Gasteiger partial charge is 0.273 e. The van der Waals surface area contributed by atoms with Crippen LogP contribution in [-0.2, 0) is 23.7 Å². The fourth-order valence-corrected chi connectivity index (χ4v) is 4.77. The highest BCUT2D eigenvalue weighted by atomic mass is 32.2. The molecule has 2 N–H and O–H groups in total. The molecule has 3 atom stereocenters. The normalized spacial score (nSPS) is 23.8. The highest BCUT2D eigenvalue weighted by Gasteiger charge is 2.40. The van der Waals surface area contributed by atoms with Crippen molar-refractivity contribution in [1.29, 1.82) is 0 Å². The molecule has 10 heteroatoms. The number of rotatable bonds is 5. The molecule has 0 aliphatic heterocycles. The summed E-state index contributed by atoms with van der Waals surface area (Å²) in [7, 11) is 2.79. The van der Waals surface area contributed by atoms with Gasteiger partial charge in [-0.15, -0.1) is 0 Å². The van der Waals surface area contributed by atoms with E-state index >= 15 is 0 Å². The molecule has 3 rings (SSSR count). The van der Waals surface area contributed by atoms with Crippen molar-refractivity contribution >= 4 is 23.6 Å². The molecular weight excluding hydrogens is 358 g/mol. The maximum Gasteiger partial charge on any atom is 0.346 e. The first-order valence-electron chi connectivity index (χ1n) is 8.70. The van der Waals surface area contributed by atoms with E-state index in [4.69, 9.17) is 0 Å². The van der Waals surface area contributed by atoms with Gasteiger partial charge in [-0.2, -0.15) is 5.10 Å². The van der Waals surface area contributed by atoms with Gasteiger partial charge in [0.1, 0.15) is 0 Å². The van der Waals surface area contributed by atoms with E-state index in [1.165, 1.54) is 33.4 Å². The SMILES string of the molecule is Cn1nc(SCC(=O)NNC(=O)C[C@H]2C[C@@H]3CC[C@@H]2C3)c(=O)n(C)c1=O. The molecule has 2 saturated carbocycles. The highest BCUT2D eigenvalue weighted by molar-refractivity contribution is 7.99. The van der Waals surface area contributed by atoms with Crippen LogP contribution in [0, 0.1) is 17.8 Å². The molecule has 0 radical (unpaired) electrons. The van der Waals surface area contributed by atoms with Crippen molar-refractivity contribution in [2.24, 2.45) is 31.8 Å². The number of amides is 2. The minimum atomic E-state index is -0.550. The fourth-order valence-electron chi connectivity index (χ4n) is 3.98. The van der Waals surface area contributed by atoms with Crippen molar-refractivity contribution in [1.82, 2.24) is 25.2 Å². The number of carbonyl (C=O) groups excluding carboxylic acids is 2. The molecule has 26 heavy (non-hydrogen) atoms. The van der Waals surface area contributed by atoms with Crippen molar-refractivity contribution in [2.45, 2.75) is 37.1 Å². The maximum absolute atomic E-state index is 12.0. The molecule has 2 amide bonds. The number of carbonyl (C=O) groups is 2. The third kappa shape index (κ3) is 4.00. The van der Waals surface area contributed by atoms with E-state index < -0.39 is 17.2 Å². The van der Waals surface area contributed by atoms with Crippen LogP contribution in [0.1, 0.15) is 32.1 Å². The topological polar surface area (TPSA) is 115 Å². The molecule has 1 heterocycles. The lowest BCUT2D eigenvalue weighted by molar-refractivity contribution is -0.128. The molecule has 1 aromatic heterocycles. The van der Waals surface area contributed by atoms with E-state index in [9.17, 15) is 19.2 Å². The Balaban J connectivity index is 1.44. The molecule has 0 unspecified atom stereocenters. The van der Waals surface area contributed by atoms with Crippen LogP contribution < -0.4 is 22.1 Å². The van der Waals surface area contributed by atoms with Gasteiger partial charge < -0.3 is 0 Å². The summed E-state index contributed by atoms with van der Waals surface area (Å²) in [6.07, 6.45) is 5.30. The predicted molar refractivity (Wildman–Crippen MR) is 95.3 cm³/mol. The zero-order valence-electron chi connectivity index (χ0n) is 14.9. The Kier molecular flexibility index (Phi) is 5.49. The summed E-state index contributed by atoms with van der Waals surface area (Å²) in [6, 6.07) is 0. The number of fused-ring (bicyclic) bond motifs is 2. The largest absolute Gasteiger partial charge is 0.346 e. The van der Waals surface area contributed by atoms with E-state index in [0.29, 0.717) is 18.3 Å². The summed E-state index contributed by atoms with van der Waals surface area (Å²) in [6.45, 7) is 0. The standard InChI is InChI=1S/C16H23N5O4S/c1-20-15(24)14(19-21(2)16(20)25)26-8-13(23)18-17-12(22)7-11-6-9-3-4-10(11)5-9/h9-11H,3-8H2,1-2H3,(H,17,22)(H,18,23)/t9-,10-,11-/m1/s1. The second kappa shape index (κ2) is 7.65. The van der Waals surface area contributed by atoms with E-state index in [1.54, 1.807) is 0 Å². The molecule has 1 aromatic rings. The lowest BCUT2D eigenvalue weighted by Gasteiger charge is -2.20. The summed E-state index contributed by atoms with van der Waals surface area (Å²) in [5.74, 6) is 1.16. The molecule has 2 aliphatic carbocycles. The first-order valence-corrected chi connectivity index (χ1v) is 9.68. The second-order valence-electron chi connectivity index (χ2n) is 7.10. The van der Waals surface area contributed by atoms with E-state index in [0.717, 1.165) is 33.3 Å². The quantitative estimate of drug-likeness (QED) is 0.527. The second-order valence-corrected chi connectivity index (χ2v) is 8.06. The van der Waals surface area contributed by atoms with Crippen LogP contribution in [0.25, 0.3) is 0 Å². The fraction of sp³-hybridized carbons (Fsp3) is 0.688. The summed E-state index contributed by atoms with van der Waals surface area (Å²) >= 11 is 0.919. The van der Waals surface area contributed by atoms with Gasteiger partial charge in [0.05, 0.1) is 5.75 Å². The van der Waals surface area contributed by atoms with Gasteiger partial charge in [-0.1, -0.05) is 18.2 Å². The third-order valence-electron chi connectivity index (χ3n) is 5.31. The van der Waals surface area contributed by atoms with Gasteiger partial charge in [0.2, 0.25) is 11.8 Å². The molecular formula is C16H23N5O4S. The molecule has 0 spiro atoms. The van der Waals surface area contributed by atoms with Gasteiger partial charge in [0.15, 0.2) is 5.03 Å².